The van der Waals surface area contributed by atoms with Gasteiger partial charge in [-0.05, 0) is 36.8 Å². The molecule has 0 saturated heterocycles. The molecule has 0 bridgehead atoms. The quantitative estimate of drug-likeness (QED) is 0.798. The van der Waals surface area contributed by atoms with E-state index in [0.29, 0.717) is 10.7 Å². The number of aryl methyl sites for hydroxylation is 1. The number of benzene rings is 1. The smallest absolute Gasteiger partial charge is 0.271 e. The lowest BCUT2D eigenvalue weighted by molar-refractivity contribution is 0.0930. The Hall–Kier alpha value is -2.53. The van der Waals surface area contributed by atoms with Crippen LogP contribution in [0, 0.1) is 0 Å². The molecule has 3 rings (SSSR count). The number of carbonyl (C=O) groups is 1. The fourth-order valence-electron chi connectivity index (χ4n) is 2.48. The molecule has 2 aromatic heterocycles. The van der Waals surface area contributed by atoms with E-state index < -0.39 is 0 Å². The predicted molar refractivity (Wildman–Crippen MR) is 89.9 cm³/mol. The fraction of sp³-hybridized carbons (Fsp3) is 0.176. The third kappa shape index (κ3) is 3.14. The predicted octanol–water partition coefficient (Wildman–Crippen LogP) is 3.36. The first-order chi connectivity index (χ1) is 11.1. The van der Waals surface area contributed by atoms with Crippen molar-refractivity contribution in [3.05, 3.63) is 71.3 Å². The first-order valence-corrected chi connectivity index (χ1v) is 7.65. The maximum Gasteiger partial charge on any atom is 0.271 e. The second kappa shape index (κ2) is 6.30. The van der Waals surface area contributed by atoms with Crippen LogP contribution in [-0.2, 0) is 7.05 Å². The molecular formula is C17H17ClN4O. The Morgan fingerprint density at radius 3 is 2.65 bits per heavy atom. The SMILES string of the molecule is CC(NC(=O)c1c(Cl)cnn1C)c1cccc(-n2cccc2)c1. The van der Waals surface area contributed by atoms with E-state index in [4.69, 9.17) is 11.6 Å². The molecule has 0 radical (unpaired) electrons. The van der Waals surface area contributed by atoms with Crippen molar-refractivity contribution in [2.45, 2.75) is 13.0 Å². The van der Waals surface area contributed by atoms with Gasteiger partial charge in [-0.15, -0.1) is 0 Å². The second-order valence-corrected chi connectivity index (χ2v) is 5.75. The molecule has 2 heterocycles. The molecule has 118 valence electrons. The summed E-state index contributed by atoms with van der Waals surface area (Å²) in [6.45, 7) is 1.94. The van der Waals surface area contributed by atoms with E-state index in [1.807, 2.05) is 54.2 Å². The van der Waals surface area contributed by atoms with E-state index in [-0.39, 0.29) is 11.9 Å². The number of hydrogen-bond donors (Lipinski definition) is 1. The summed E-state index contributed by atoms with van der Waals surface area (Å²) in [6.07, 6.45) is 5.43. The molecule has 23 heavy (non-hydrogen) atoms. The van der Waals surface area contributed by atoms with Crippen molar-refractivity contribution in [3.8, 4) is 5.69 Å². The number of hydrogen-bond acceptors (Lipinski definition) is 2. The van der Waals surface area contributed by atoms with Crippen LogP contribution in [0.5, 0.6) is 0 Å². The molecular weight excluding hydrogens is 312 g/mol. The van der Waals surface area contributed by atoms with E-state index in [1.54, 1.807) is 7.05 Å². The van der Waals surface area contributed by atoms with Crippen LogP contribution in [0.4, 0.5) is 0 Å². The van der Waals surface area contributed by atoms with Crippen molar-refractivity contribution in [3.63, 3.8) is 0 Å². The first kappa shape index (κ1) is 15.4. The van der Waals surface area contributed by atoms with E-state index >= 15 is 0 Å². The minimum absolute atomic E-state index is 0.149. The van der Waals surface area contributed by atoms with Crippen LogP contribution in [0.3, 0.4) is 0 Å². The first-order valence-electron chi connectivity index (χ1n) is 7.28. The van der Waals surface area contributed by atoms with Crippen LogP contribution in [-0.4, -0.2) is 20.3 Å². The van der Waals surface area contributed by atoms with Crippen LogP contribution in [0.15, 0.2) is 55.0 Å². The average Bonchev–Trinajstić information content (AvgIpc) is 3.17. The van der Waals surface area contributed by atoms with Gasteiger partial charge in [0.25, 0.3) is 5.91 Å². The Bertz CT molecular complexity index is 803. The molecule has 0 saturated carbocycles. The van der Waals surface area contributed by atoms with Gasteiger partial charge in [0.2, 0.25) is 0 Å². The van der Waals surface area contributed by atoms with Crippen molar-refractivity contribution in [1.29, 1.82) is 0 Å². The second-order valence-electron chi connectivity index (χ2n) is 5.35. The highest BCUT2D eigenvalue weighted by Crippen LogP contribution is 2.19. The van der Waals surface area contributed by atoms with Crippen molar-refractivity contribution < 1.29 is 4.79 Å². The van der Waals surface area contributed by atoms with Crippen molar-refractivity contribution in [2.75, 3.05) is 0 Å². The summed E-state index contributed by atoms with van der Waals surface area (Å²) in [7, 11) is 1.69. The van der Waals surface area contributed by atoms with Gasteiger partial charge in [-0.2, -0.15) is 5.10 Å². The minimum atomic E-state index is -0.242. The lowest BCUT2D eigenvalue weighted by Crippen LogP contribution is -2.28. The molecule has 1 N–H and O–H groups in total. The van der Waals surface area contributed by atoms with Crippen LogP contribution in [0.2, 0.25) is 5.02 Å². The number of halogens is 1. The Morgan fingerprint density at radius 1 is 1.26 bits per heavy atom. The van der Waals surface area contributed by atoms with Crippen molar-refractivity contribution >= 4 is 17.5 Å². The summed E-state index contributed by atoms with van der Waals surface area (Å²) < 4.78 is 3.50. The Morgan fingerprint density at radius 2 is 2.00 bits per heavy atom. The number of nitrogens with zero attached hydrogens (tertiary/aromatic N) is 3. The van der Waals surface area contributed by atoms with Gasteiger partial charge in [0.15, 0.2) is 0 Å². The summed E-state index contributed by atoms with van der Waals surface area (Å²) in [6, 6.07) is 11.8. The minimum Gasteiger partial charge on any atom is -0.344 e. The highest BCUT2D eigenvalue weighted by Gasteiger charge is 2.18. The Balaban J connectivity index is 1.80. The summed E-state index contributed by atoms with van der Waals surface area (Å²) >= 11 is 6.01. The van der Waals surface area contributed by atoms with Crippen molar-refractivity contribution in [2.24, 2.45) is 7.05 Å². The summed E-state index contributed by atoms with van der Waals surface area (Å²) in [5.74, 6) is -0.242. The molecule has 0 spiro atoms. The molecule has 1 unspecified atom stereocenters. The largest absolute Gasteiger partial charge is 0.344 e. The van der Waals surface area contributed by atoms with E-state index in [9.17, 15) is 4.79 Å². The number of amides is 1. The number of nitrogens with one attached hydrogen (secondary N) is 1. The zero-order valence-electron chi connectivity index (χ0n) is 12.9. The maximum atomic E-state index is 12.4. The Labute approximate surface area is 139 Å². The normalized spacial score (nSPS) is 12.1. The topological polar surface area (TPSA) is 51.9 Å². The lowest BCUT2D eigenvalue weighted by Gasteiger charge is -2.16. The standard InChI is InChI=1S/C17H17ClN4O/c1-12(20-17(23)16-15(18)11-19-21(16)2)13-6-5-7-14(10-13)22-8-3-4-9-22/h3-12H,1-2H3,(H,20,23). The lowest BCUT2D eigenvalue weighted by atomic mass is 10.1. The third-order valence-electron chi connectivity index (χ3n) is 3.73. The molecule has 0 aliphatic carbocycles. The zero-order chi connectivity index (χ0) is 16.4. The summed E-state index contributed by atoms with van der Waals surface area (Å²) in [5, 5.41) is 7.29. The number of rotatable bonds is 4. The fourth-order valence-corrected chi connectivity index (χ4v) is 2.73. The van der Waals surface area contributed by atoms with Crippen LogP contribution in [0.25, 0.3) is 5.69 Å². The van der Waals surface area contributed by atoms with E-state index in [0.717, 1.165) is 11.3 Å². The van der Waals surface area contributed by atoms with Crippen LogP contribution < -0.4 is 5.32 Å². The molecule has 5 nitrogen and oxygen atoms in total. The van der Waals surface area contributed by atoms with Gasteiger partial charge in [0.05, 0.1) is 17.3 Å². The molecule has 1 amide bonds. The van der Waals surface area contributed by atoms with Gasteiger partial charge < -0.3 is 9.88 Å². The summed E-state index contributed by atoms with van der Waals surface area (Å²) in [4.78, 5) is 12.4. The molecule has 3 aromatic rings. The zero-order valence-corrected chi connectivity index (χ0v) is 13.7. The molecule has 0 aliphatic rings. The molecule has 1 aromatic carbocycles. The van der Waals surface area contributed by atoms with Gasteiger partial charge in [-0.25, -0.2) is 0 Å². The molecule has 0 aliphatic heterocycles. The average molecular weight is 329 g/mol. The number of aromatic nitrogens is 3. The molecule has 6 heteroatoms. The van der Waals surface area contributed by atoms with Gasteiger partial charge >= 0.3 is 0 Å². The highest BCUT2D eigenvalue weighted by molar-refractivity contribution is 6.33. The maximum absolute atomic E-state index is 12.4. The van der Waals surface area contributed by atoms with E-state index in [1.165, 1.54) is 10.9 Å². The highest BCUT2D eigenvalue weighted by atomic mass is 35.5. The van der Waals surface area contributed by atoms with Gasteiger partial charge in [0.1, 0.15) is 5.69 Å². The monoisotopic (exact) mass is 328 g/mol. The van der Waals surface area contributed by atoms with Gasteiger partial charge in [-0.3, -0.25) is 9.48 Å². The van der Waals surface area contributed by atoms with Gasteiger partial charge in [-0.1, -0.05) is 23.7 Å². The van der Waals surface area contributed by atoms with Gasteiger partial charge in [0, 0.05) is 25.1 Å². The Kier molecular flexibility index (Phi) is 4.21. The molecule has 1 atom stereocenters. The van der Waals surface area contributed by atoms with E-state index in [2.05, 4.69) is 16.5 Å². The summed E-state index contributed by atoms with van der Waals surface area (Å²) in [5.41, 5.74) is 2.43. The third-order valence-corrected chi connectivity index (χ3v) is 4.01. The number of carbonyl (C=O) groups excluding carboxylic acids is 1. The van der Waals surface area contributed by atoms with Crippen LogP contribution in [0.1, 0.15) is 29.0 Å². The van der Waals surface area contributed by atoms with Crippen molar-refractivity contribution in [1.82, 2.24) is 19.7 Å². The van der Waals surface area contributed by atoms with Crippen LogP contribution >= 0.6 is 11.6 Å². The molecule has 0 fully saturated rings.